The predicted octanol–water partition coefficient (Wildman–Crippen LogP) is 3.70. The molecule has 1 fully saturated rings. The zero-order valence-corrected chi connectivity index (χ0v) is 18.9. The first-order chi connectivity index (χ1) is 16.9. The van der Waals surface area contributed by atoms with Crippen LogP contribution in [0.2, 0.25) is 0 Å². The fourth-order valence-corrected chi connectivity index (χ4v) is 4.63. The van der Waals surface area contributed by atoms with Crippen LogP contribution in [0.1, 0.15) is 46.0 Å². The van der Waals surface area contributed by atoms with Gasteiger partial charge in [-0.1, -0.05) is 61.5 Å². The van der Waals surface area contributed by atoms with Crippen LogP contribution in [-0.4, -0.2) is 40.3 Å². The average molecular weight is 467 g/mol. The van der Waals surface area contributed by atoms with E-state index in [0.717, 1.165) is 4.90 Å². The van der Waals surface area contributed by atoms with Crippen molar-refractivity contribution in [2.75, 3.05) is 0 Å². The number of imide groups is 1. The van der Waals surface area contributed by atoms with Gasteiger partial charge in [0.25, 0.3) is 5.91 Å². The molecule has 0 N–H and O–H groups in total. The van der Waals surface area contributed by atoms with Gasteiger partial charge in [-0.05, 0) is 36.6 Å². The Morgan fingerprint density at radius 1 is 1.03 bits per heavy atom. The van der Waals surface area contributed by atoms with Crippen LogP contribution in [0.3, 0.4) is 0 Å². The van der Waals surface area contributed by atoms with Gasteiger partial charge in [0.1, 0.15) is 11.8 Å². The lowest BCUT2D eigenvalue weighted by Gasteiger charge is -2.23. The number of likely N-dealkylation sites (tertiary alicyclic amines) is 1. The highest BCUT2D eigenvalue weighted by Crippen LogP contribution is 2.34. The Morgan fingerprint density at radius 2 is 1.69 bits per heavy atom. The lowest BCUT2D eigenvalue weighted by atomic mass is 9.94. The first-order valence-electron chi connectivity index (χ1n) is 11.4. The normalized spacial score (nSPS) is 19.5. The molecule has 0 aromatic heterocycles. The van der Waals surface area contributed by atoms with Crippen molar-refractivity contribution in [2.24, 2.45) is 5.92 Å². The number of Topliss-reactive ketones (excluding diaryl/α,β-unsaturated/α-hetero) is 2. The summed E-state index contributed by atoms with van der Waals surface area (Å²) in [4.78, 5) is 64.7. The van der Waals surface area contributed by atoms with E-state index in [2.05, 4.69) is 0 Å². The molecule has 2 amide bonds. The number of carbonyl (C=O) groups is 5. The van der Waals surface area contributed by atoms with E-state index in [4.69, 9.17) is 4.74 Å². The molecule has 7 nitrogen and oxygen atoms in total. The third-order valence-electron chi connectivity index (χ3n) is 6.45. The summed E-state index contributed by atoms with van der Waals surface area (Å²) in [7, 11) is 0. The molecule has 0 unspecified atom stereocenters. The lowest BCUT2D eigenvalue weighted by molar-refractivity contribution is -0.153. The van der Waals surface area contributed by atoms with Gasteiger partial charge in [0.2, 0.25) is 5.91 Å². The van der Waals surface area contributed by atoms with Crippen molar-refractivity contribution in [3.8, 4) is 5.75 Å². The fourth-order valence-electron chi connectivity index (χ4n) is 4.63. The number of ketones is 2. The summed E-state index contributed by atoms with van der Waals surface area (Å²) in [5.41, 5.74) is 1.85. The van der Waals surface area contributed by atoms with Gasteiger partial charge in [-0.15, -0.1) is 0 Å². The molecule has 1 saturated heterocycles. The molecular weight excluding hydrogens is 446 g/mol. The summed E-state index contributed by atoms with van der Waals surface area (Å²) in [5.74, 6) is -2.51. The maximum Gasteiger partial charge on any atom is 0.334 e. The highest BCUT2D eigenvalue weighted by molar-refractivity contribution is 6.41. The second kappa shape index (κ2) is 8.76. The maximum atomic E-state index is 12.9. The number of hydrogen-bond acceptors (Lipinski definition) is 6. The number of carbonyl (C=O) groups excluding carboxylic acids is 5. The van der Waals surface area contributed by atoms with Gasteiger partial charge >= 0.3 is 5.97 Å². The van der Waals surface area contributed by atoms with Crippen LogP contribution in [-0.2, 0) is 14.4 Å². The Hall–Kier alpha value is -4.39. The van der Waals surface area contributed by atoms with Crippen LogP contribution in [0.15, 0.2) is 77.9 Å². The van der Waals surface area contributed by atoms with Gasteiger partial charge < -0.3 is 4.74 Å². The van der Waals surface area contributed by atoms with Gasteiger partial charge in [-0.2, -0.15) is 0 Å². The SMILES string of the molecule is CC[C@@H](C(=O)Oc1ccc(C=C2C(=O)c3ccccc3C2=O)cc1)N1C(=O)C2=CC=CC[C@@H]2C1=O. The Morgan fingerprint density at radius 3 is 2.29 bits per heavy atom. The zero-order chi connectivity index (χ0) is 24.7. The highest BCUT2D eigenvalue weighted by Gasteiger charge is 2.48. The van der Waals surface area contributed by atoms with Crippen LogP contribution in [0.4, 0.5) is 0 Å². The predicted molar refractivity (Wildman–Crippen MR) is 126 cm³/mol. The number of amides is 2. The number of fused-ring (bicyclic) bond motifs is 2. The molecular formula is C28H21NO6. The Balaban J connectivity index is 1.31. The van der Waals surface area contributed by atoms with E-state index >= 15 is 0 Å². The van der Waals surface area contributed by atoms with E-state index in [0.29, 0.717) is 28.7 Å². The third kappa shape index (κ3) is 3.75. The number of ether oxygens (including phenoxy) is 1. The monoisotopic (exact) mass is 467 g/mol. The van der Waals surface area contributed by atoms with Crippen LogP contribution in [0.5, 0.6) is 5.75 Å². The molecule has 1 aliphatic heterocycles. The quantitative estimate of drug-likeness (QED) is 0.219. The average Bonchev–Trinajstić information content (AvgIpc) is 3.27. The smallest absolute Gasteiger partial charge is 0.334 e. The lowest BCUT2D eigenvalue weighted by Crippen LogP contribution is -2.46. The van der Waals surface area contributed by atoms with Crippen LogP contribution in [0, 0.1) is 5.92 Å². The fraction of sp³-hybridized carbons (Fsp3) is 0.179. The molecule has 2 aromatic rings. The van der Waals surface area contributed by atoms with Gasteiger partial charge in [0.05, 0.1) is 11.5 Å². The van der Waals surface area contributed by atoms with Crippen molar-refractivity contribution >= 4 is 35.4 Å². The van der Waals surface area contributed by atoms with Crippen molar-refractivity contribution in [1.82, 2.24) is 4.90 Å². The summed E-state index contributed by atoms with van der Waals surface area (Å²) < 4.78 is 5.47. The van der Waals surface area contributed by atoms with Gasteiger partial charge in [-0.25, -0.2) is 4.79 Å². The number of esters is 1. The topological polar surface area (TPSA) is 97.8 Å². The summed E-state index contributed by atoms with van der Waals surface area (Å²) in [5, 5.41) is 0. The molecule has 2 aromatic carbocycles. The van der Waals surface area contributed by atoms with Crippen molar-refractivity contribution in [3.63, 3.8) is 0 Å². The molecule has 3 aliphatic rings. The molecule has 0 radical (unpaired) electrons. The number of rotatable bonds is 5. The maximum absolute atomic E-state index is 12.9. The number of allylic oxidation sites excluding steroid dienone is 4. The molecule has 0 saturated carbocycles. The summed E-state index contributed by atoms with van der Waals surface area (Å²) in [6, 6.07) is 12.0. The van der Waals surface area contributed by atoms with E-state index in [1.165, 1.54) is 18.2 Å². The Bertz CT molecular complexity index is 1340. The van der Waals surface area contributed by atoms with Crippen molar-refractivity contribution < 1.29 is 28.7 Å². The number of benzene rings is 2. The first-order valence-corrected chi connectivity index (χ1v) is 11.4. The summed E-state index contributed by atoms with van der Waals surface area (Å²) >= 11 is 0. The number of hydrogen-bond donors (Lipinski definition) is 0. The second-order valence-corrected chi connectivity index (χ2v) is 8.53. The molecule has 2 aliphatic carbocycles. The second-order valence-electron chi connectivity index (χ2n) is 8.53. The standard InChI is InChI=1S/C28H21NO6/c1-2-23(29-26(32)20-9-5-6-10-21(20)27(29)33)28(34)35-17-13-11-16(12-14-17)15-22-24(30)18-7-3-4-8-19(18)25(22)31/h3-9,11-15,21,23H,2,10H2,1H3/t21-,23-/m0/s1. The minimum absolute atomic E-state index is 0.0818. The Labute approximate surface area is 201 Å². The van der Waals surface area contributed by atoms with Gasteiger partial charge in [0, 0.05) is 16.7 Å². The molecule has 0 bridgehead atoms. The van der Waals surface area contributed by atoms with Crippen LogP contribution >= 0.6 is 0 Å². The van der Waals surface area contributed by atoms with E-state index < -0.39 is 23.8 Å². The Kier molecular flexibility index (Phi) is 5.61. The van der Waals surface area contributed by atoms with Gasteiger partial charge in [-0.3, -0.25) is 24.1 Å². The minimum atomic E-state index is -1.03. The van der Waals surface area contributed by atoms with Crippen molar-refractivity contribution in [3.05, 3.63) is 94.6 Å². The number of nitrogens with zero attached hydrogens (tertiary/aromatic N) is 1. The van der Waals surface area contributed by atoms with E-state index in [1.807, 2.05) is 6.08 Å². The minimum Gasteiger partial charge on any atom is -0.425 e. The van der Waals surface area contributed by atoms with Crippen LogP contribution in [0.25, 0.3) is 6.08 Å². The van der Waals surface area contributed by atoms with Crippen LogP contribution < -0.4 is 4.74 Å². The molecule has 1 heterocycles. The van der Waals surface area contributed by atoms with Crippen molar-refractivity contribution in [1.29, 1.82) is 0 Å². The molecule has 5 rings (SSSR count). The third-order valence-corrected chi connectivity index (χ3v) is 6.45. The first kappa shape index (κ1) is 22.4. The summed E-state index contributed by atoms with van der Waals surface area (Å²) in [6.07, 6.45) is 7.35. The molecule has 2 atom stereocenters. The molecule has 7 heteroatoms. The van der Waals surface area contributed by atoms with Gasteiger partial charge in [0.15, 0.2) is 11.6 Å². The zero-order valence-electron chi connectivity index (χ0n) is 18.9. The molecule has 35 heavy (non-hydrogen) atoms. The van der Waals surface area contributed by atoms with E-state index in [1.54, 1.807) is 55.5 Å². The highest BCUT2D eigenvalue weighted by atomic mass is 16.5. The van der Waals surface area contributed by atoms with E-state index in [-0.39, 0.29) is 35.2 Å². The summed E-state index contributed by atoms with van der Waals surface area (Å²) in [6.45, 7) is 1.71. The molecule has 0 spiro atoms. The molecule has 174 valence electrons. The van der Waals surface area contributed by atoms with E-state index in [9.17, 15) is 24.0 Å². The largest absolute Gasteiger partial charge is 0.425 e. The van der Waals surface area contributed by atoms with Crippen molar-refractivity contribution in [2.45, 2.75) is 25.8 Å².